The van der Waals surface area contributed by atoms with Crippen molar-refractivity contribution in [2.24, 2.45) is 0 Å². The molecule has 0 aliphatic heterocycles. The van der Waals surface area contributed by atoms with Crippen LogP contribution in [0.5, 0.6) is 0 Å². The molecule has 2 aromatic heterocycles. The number of hydrogen-bond donors (Lipinski definition) is 1. The molecule has 14 heteroatoms. The highest BCUT2D eigenvalue weighted by molar-refractivity contribution is 7.89. The van der Waals surface area contributed by atoms with E-state index in [2.05, 4.69) is 14.9 Å². The lowest BCUT2D eigenvalue weighted by atomic mass is 10.4. The molecule has 0 fully saturated rings. The van der Waals surface area contributed by atoms with E-state index in [9.17, 15) is 27.3 Å². The first kappa shape index (κ1) is 18.2. The molecular formula is C10H11ClF2N6O4S. The average Bonchev–Trinajstić information content (AvgIpc) is 3.10. The van der Waals surface area contributed by atoms with Gasteiger partial charge in [0.25, 0.3) is 0 Å². The van der Waals surface area contributed by atoms with Crippen LogP contribution in [0.3, 0.4) is 0 Å². The van der Waals surface area contributed by atoms with Crippen LogP contribution in [0.2, 0.25) is 5.02 Å². The SMILES string of the molecule is O=[N+]([O-])c1nn(CCCNS(=O)(=O)c2cnn(C(F)F)c2)cc1Cl. The minimum absolute atomic E-state index is 0.0343. The standard InChI is InChI=1S/C10H11ClF2N6O4S/c11-8-6-17(16-9(8)19(20)21)3-1-2-15-24(22,23)7-4-14-18(5-7)10(12)13/h4-6,10,15H,1-3H2. The number of nitrogens with zero attached hydrogens (tertiary/aromatic N) is 5. The van der Waals surface area contributed by atoms with Crippen molar-refractivity contribution >= 4 is 27.4 Å². The summed E-state index contributed by atoms with van der Waals surface area (Å²) in [5.74, 6) is -0.489. The summed E-state index contributed by atoms with van der Waals surface area (Å²) in [6.45, 7) is -2.80. The summed E-state index contributed by atoms with van der Waals surface area (Å²) in [6, 6.07) is 0. The Balaban J connectivity index is 1.89. The van der Waals surface area contributed by atoms with Crippen LogP contribution in [0.25, 0.3) is 0 Å². The van der Waals surface area contributed by atoms with Crippen molar-refractivity contribution in [1.29, 1.82) is 0 Å². The third-order valence-electron chi connectivity index (χ3n) is 2.82. The van der Waals surface area contributed by atoms with Crippen molar-refractivity contribution in [2.45, 2.75) is 24.4 Å². The predicted molar refractivity (Wildman–Crippen MR) is 77.2 cm³/mol. The van der Waals surface area contributed by atoms with Crippen LogP contribution in [-0.4, -0.2) is 39.4 Å². The van der Waals surface area contributed by atoms with Crippen molar-refractivity contribution in [3.63, 3.8) is 0 Å². The summed E-state index contributed by atoms with van der Waals surface area (Å²) >= 11 is 5.63. The van der Waals surface area contributed by atoms with E-state index in [1.165, 1.54) is 10.9 Å². The van der Waals surface area contributed by atoms with Crippen LogP contribution in [-0.2, 0) is 16.6 Å². The number of nitrogens with one attached hydrogen (secondary N) is 1. The zero-order valence-electron chi connectivity index (χ0n) is 11.8. The Bertz CT molecular complexity index is 836. The van der Waals surface area contributed by atoms with Crippen LogP contribution in [0.4, 0.5) is 14.6 Å². The maximum absolute atomic E-state index is 12.4. The molecule has 0 radical (unpaired) electrons. The molecule has 1 N–H and O–H groups in total. The molecule has 0 aromatic carbocycles. The Kier molecular flexibility index (Phi) is 5.46. The molecule has 0 saturated carbocycles. The van der Waals surface area contributed by atoms with E-state index in [1.807, 2.05) is 0 Å². The van der Waals surface area contributed by atoms with Gasteiger partial charge in [-0.1, -0.05) is 11.6 Å². The lowest BCUT2D eigenvalue weighted by Gasteiger charge is -2.03. The van der Waals surface area contributed by atoms with Crippen molar-refractivity contribution in [3.05, 3.63) is 33.7 Å². The molecule has 132 valence electrons. The van der Waals surface area contributed by atoms with Gasteiger partial charge in [-0.25, -0.2) is 17.8 Å². The summed E-state index contributed by atoms with van der Waals surface area (Å²) in [4.78, 5) is 9.47. The highest BCUT2D eigenvalue weighted by atomic mass is 35.5. The Morgan fingerprint density at radius 1 is 1.42 bits per heavy atom. The number of hydrogen-bond acceptors (Lipinski definition) is 6. The maximum atomic E-state index is 12.4. The maximum Gasteiger partial charge on any atom is 0.408 e. The van der Waals surface area contributed by atoms with Gasteiger partial charge in [0, 0.05) is 6.54 Å². The first-order valence-corrected chi connectivity index (χ1v) is 8.26. The largest absolute Gasteiger partial charge is 0.408 e. The second kappa shape index (κ2) is 7.19. The van der Waals surface area contributed by atoms with Gasteiger partial charge in [0.2, 0.25) is 10.0 Å². The minimum atomic E-state index is -3.97. The lowest BCUT2D eigenvalue weighted by Crippen LogP contribution is -2.25. The molecule has 10 nitrogen and oxygen atoms in total. The van der Waals surface area contributed by atoms with Gasteiger partial charge in [-0.15, -0.1) is 0 Å². The van der Waals surface area contributed by atoms with Crippen molar-refractivity contribution in [2.75, 3.05) is 6.54 Å². The predicted octanol–water partition coefficient (Wildman–Crippen LogP) is 1.40. The van der Waals surface area contributed by atoms with E-state index in [0.29, 0.717) is 6.20 Å². The number of halogens is 3. The van der Waals surface area contributed by atoms with Crippen LogP contribution < -0.4 is 4.72 Å². The second-order valence-electron chi connectivity index (χ2n) is 4.51. The van der Waals surface area contributed by atoms with Gasteiger partial charge in [-0.3, -0.25) is 0 Å². The van der Waals surface area contributed by atoms with Gasteiger partial charge in [0.05, 0.1) is 30.2 Å². The Morgan fingerprint density at radius 2 is 2.12 bits per heavy atom. The Labute approximate surface area is 139 Å². The smallest absolute Gasteiger partial charge is 0.358 e. The molecule has 0 unspecified atom stereocenters. The molecule has 2 heterocycles. The molecular weight excluding hydrogens is 374 g/mol. The molecule has 0 aliphatic carbocycles. The number of alkyl halides is 2. The highest BCUT2D eigenvalue weighted by Crippen LogP contribution is 2.21. The average molecular weight is 385 g/mol. The molecule has 0 amide bonds. The number of aryl methyl sites for hydroxylation is 1. The number of rotatable bonds is 8. The zero-order chi connectivity index (χ0) is 17.9. The highest BCUT2D eigenvalue weighted by Gasteiger charge is 2.20. The normalized spacial score (nSPS) is 12.0. The fourth-order valence-corrected chi connectivity index (χ4v) is 2.95. The van der Waals surface area contributed by atoms with Gasteiger partial charge in [-0.05, 0) is 11.3 Å². The van der Waals surface area contributed by atoms with E-state index < -0.39 is 27.3 Å². The summed E-state index contributed by atoms with van der Waals surface area (Å²) in [7, 11) is -3.97. The quantitative estimate of drug-likeness (QED) is 0.416. The van der Waals surface area contributed by atoms with Crippen LogP contribution in [0.1, 0.15) is 13.0 Å². The fraction of sp³-hybridized carbons (Fsp3) is 0.400. The summed E-state index contributed by atoms with van der Waals surface area (Å²) < 4.78 is 52.2. The molecule has 0 spiro atoms. The molecule has 0 atom stereocenters. The van der Waals surface area contributed by atoms with Crippen LogP contribution in [0.15, 0.2) is 23.5 Å². The van der Waals surface area contributed by atoms with Gasteiger partial charge >= 0.3 is 12.4 Å². The number of sulfonamides is 1. The third kappa shape index (κ3) is 4.24. The second-order valence-corrected chi connectivity index (χ2v) is 6.68. The Morgan fingerprint density at radius 3 is 2.67 bits per heavy atom. The van der Waals surface area contributed by atoms with Gasteiger partial charge in [-0.2, -0.15) is 18.6 Å². The molecule has 24 heavy (non-hydrogen) atoms. The van der Waals surface area contributed by atoms with E-state index in [4.69, 9.17) is 11.6 Å². The van der Waals surface area contributed by atoms with E-state index in [1.54, 1.807) is 0 Å². The van der Waals surface area contributed by atoms with Crippen LogP contribution >= 0.6 is 11.6 Å². The lowest BCUT2D eigenvalue weighted by molar-refractivity contribution is -0.389. The zero-order valence-corrected chi connectivity index (χ0v) is 13.4. The first-order valence-electron chi connectivity index (χ1n) is 6.40. The fourth-order valence-electron chi connectivity index (χ4n) is 1.72. The van der Waals surface area contributed by atoms with Gasteiger partial charge in [0.15, 0.2) is 5.02 Å². The summed E-state index contributed by atoms with van der Waals surface area (Å²) in [5, 5.41) is 17.3. The topological polar surface area (TPSA) is 125 Å². The van der Waals surface area contributed by atoms with E-state index >= 15 is 0 Å². The van der Waals surface area contributed by atoms with Crippen molar-refractivity contribution < 1.29 is 22.1 Å². The monoisotopic (exact) mass is 384 g/mol. The summed E-state index contributed by atoms with van der Waals surface area (Å²) in [6.07, 6.45) is 3.02. The number of aromatic nitrogens is 4. The van der Waals surface area contributed by atoms with Gasteiger partial charge < -0.3 is 10.1 Å². The van der Waals surface area contributed by atoms with Crippen molar-refractivity contribution in [1.82, 2.24) is 24.3 Å². The first-order chi connectivity index (χ1) is 11.2. The molecule has 0 aliphatic rings. The molecule has 2 aromatic rings. The van der Waals surface area contributed by atoms with E-state index in [0.717, 1.165) is 6.20 Å². The Hall–Kier alpha value is -2.12. The molecule has 2 rings (SSSR count). The number of nitro groups is 1. The molecule has 0 bridgehead atoms. The molecule has 0 saturated heterocycles. The van der Waals surface area contributed by atoms with E-state index in [-0.39, 0.29) is 34.1 Å². The summed E-state index contributed by atoms with van der Waals surface area (Å²) in [5.41, 5.74) is 0. The van der Waals surface area contributed by atoms with Crippen molar-refractivity contribution in [3.8, 4) is 0 Å². The minimum Gasteiger partial charge on any atom is -0.358 e. The van der Waals surface area contributed by atoms with Gasteiger partial charge in [0.1, 0.15) is 4.90 Å². The third-order valence-corrected chi connectivity index (χ3v) is 4.50. The van der Waals surface area contributed by atoms with Crippen LogP contribution in [0, 0.1) is 10.1 Å².